The van der Waals surface area contributed by atoms with Crippen molar-refractivity contribution in [3.8, 4) is 0 Å². The fourth-order valence-corrected chi connectivity index (χ4v) is 4.94. The Labute approximate surface area is 119 Å². The van der Waals surface area contributed by atoms with Gasteiger partial charge in [0.05, 0.1) is 0 Å². The standard InChI is InChI=1S/C16H19BrSi/c1-2-3-12-18(17)13-11-15-9-6-8-14-7-4-5-10-16(14)15/h4-11,13,18H,2-3,12H2,1H3. The zero-order valence-electron chi connectivity index (χ0n) is 10.8. The van der Waals surface area contributed by atoms with Gasteiger partial charge in [-0.2, -0.15) is 0 Å². The Morgan fingerprint density at radius 1 is 1.11 bits per heavy atom. The highest BCUT2D eigenvalue weighted by atomic mass is 79.9. The largest absolute Gasteiger partial charge is 0.138 e. The van der Waals surface area contributed by atoms with Crippen molar-refractivity contribution in [1.82, 2.24) is 0 Å². The molecular formula is C16H19BrSi. The molecule has 0 bridgehead atoms. The smallest absolute Gasteiger partial charge is 0.125 e. The van der Waals surface area contributed by atoms with Crippen molar-refractivity contribution in [2.45, 2.75) is 25.8 Å². The van der Waals surface area contributed by atoms with Crippen LogP contribution in [0.15, 0.2) is 48.2 Å². The van der Waals surface area contributed by atoms with Crippen LogP contribution in [-0.2, 0) is 0 Å². The molecular weight excluding hydrogens is 300 g/mol. The van der Waals surface area contributed by atoms with E-state index in [-0.39, 0.29) is 0 Å². The topological polar surface area (TPSA) is 0 Å². The van der Waals surface area contributed by atoms with Gasteiger partial charge >= 0.3 is 0 Å². The van der Waals surface area contributed by atoms with E-state index in [9.17, 15) is 0 Å². The van der Waals surface area contributed by atoms with Gasteiger partial charge in [-0.25, -0.2) is 0 Å². The van der Waals surface area contributed by atoms with E-state index in [1.54, 1.807) is 0 Å². The highest BCUT2D eigenvalue weighted by molar-refractivity contribution is 9.24. The average molecular weight is 319 g/mol. The highest BCUT2D eigenvalue weighted by Crippen LogP contribution is 2.20. The summed E-state index contributed by atoms with van der Waals surface area (Å²) in [4.78, 5) is 0. The molecule has 0 aliphatic rings. The molecule has 2 rings (SSSR count). The molecule has 0 saturated carbocycles. The normalized spacial score (nSPS) is 13.2. The molecule has 2 aromatic carbocycles. The first kappa shape index (κ1) is 13.6. The summed E-state index contributed by atoms with van der Waals surface area (Å²) < 4.78 is 0. The van der Waals surface area contributed by atoms with Crippen molar-refractivity contribution >= 4 is 39.6 Å². The second-order valence-electron chi connectivity index (χ2n) is 4.59. The average Bonchev–Trinajstić information content (AvgIpc) is 2.42. The first-order valence-electron chi connectivity index (χ1n) is 6.61. The van der Waals surface area contributed by atoms with E-state index in [1.807, 2.05) is 0 Å². The van der Waals surface area contributed by atoms with Gasteiger partial charge in [0.1, 0.15) is 7.42 Å². The van der Waals surface area contributed by atoms with E-state index in [2.05, 4.69) is 76.5 Å². The molecule has 1 atom stereocenters. The number of fused-ring (bicyclic) bond motifs is 1. The predicted octanol–water partition coefficient (Wildman–Crippen LogP) is 5.31. The molecule has 0 heterocycles. The summed E-state index contributed by atoms with van der Waals surface area (Å²) in [7, 11) is -0.838. The predicted molar refractivity (Wildman–Crippen MR) is 88.8 cm³/mol. The van der Waals surface area contributed by atoms with Crippen LogP contribution in [0.4, 0.5) is 0 Å². The summed E-state index contributed by atoms with van der Waals surface area (Å²) in [5, 5.41) is 2.67. The van der Waals surface area contributed by atoms with Gasteiger partial charge in [0.25, 0.3) is 0 Å². The van der Waals surface area contributed by atoms with Crippen LogP contribution < -0.4 is 0 Å². The SMILES string of the molecule is CCCC[SiH](Br)C=Cc1cccc2ccccc12. The molecule has 0 aliphatic carbocycles. The van der Waals surface area contributed by atoms with Crippen molar-refractivity contribution in [2.24, 2.45) is 0 Å². The van der Waals surface area contributed by atoms with Crippen LogP contribution in [0.3, 0.4) is 0 Å². The molecule has 2 aromatic rings. The number of hydrogen-bond donors (Lipinski definition) is 0. The molecule has 18 heavy (non-hydrogen) atoms. The number of rotatable bonds is 5. The van der Waals surface area contributed by atoms with Crippen molar-refractivity contribution in [2.75, 3.05) is 0 Å². The Morgan fingerprint density at radius 2 is 1.89 bits per heavy atom. The molecule has 0 fully saturated rings. The molecule has 0 N–H and O–H groups in total. The fraction of sp³-hybridized carbons (Fsp3) is 0.250. The van der Waals surface area contributed by atoms with Crippen LogP contribution in [0.25, 0.3) is 16.8 Å². The van der Waals surface area contributed by atoms with Crippen molar-refractivity contribution < 1.29 is 0 Å². The minimum absolute atomic E-state index is 0.838. The third-order valence-electron chi connectivity index (χ3n) is 3.14. The Bertz CT molecular complexity index is 528. The van der Waals surface area contributed by atoms with E-state index in [0.29, 0.717) is 0 Å². The van der Waals surface area contributed by atoms with E-state index in [4.69, 9.17) is 0 Å². The summed E-state index contributed by atoms with van der Waals surface area (Å²) in [6, 6.07) is 16.4. The lowest BCUT2D eigenvalue weighted by molar-refractivity contribution is 0.880. The minimum atomic E-state index is -0.838. The van der Waals surface area contributed by atoms with Crippen LogP contribution in [-0.4, -0.2) is 7.42 Å². The van der Waals surface area contributed by atoms with Gasteiger partial charge in [-0.15, -0.1) is 15.3 Å². The van der Waals surface area contributed by atoms with Crippen LogP contribution in [0.1, 0.15) is 25.3 Å². The van der Waals surface area contributed by atoms with Gasteiger partial charge in [0.2, 0.25) is 0 Å². The van der Waals surface area contributed by atoms with E-state index >= 15 is 0 Å². The number of benzene rings is 2. The number of hydrogen-bond acceptors (Lipinski definition) is 0. The highest BCUT2D eigenvalue weighted by Gasteiger charge is 2.01. The summed E-state index contributed by atoms with van der Waals surface area (Å²) in [5.41, 5.74) is 3.73. The van der Waals surface area contributed by atoms with Crippen molar-refractivity contribution in [1.29, 1.82) is 0 Å². The van der Waals surface area contributed by atoms with E-state index in [0.717, 1.165) is 0 Å². The van der Waals surface area contributed by atoms with Gasteiger partial charge in [0.15, 0.2) is 0 Å². The third-order valence-corrected chi connectivity index (χ3v) is 7.00. The maximum Gasteiger partial charge on any atom is 0.138 e. The van der Waals surface area contributed by atoms with Gasteiger partial charge in [0, 0.05) is 0 Å². The third kappa shape index (κ3) is 3.56. The molecule has 0 saturated heterocycles. The second kappa shape index (κ2) is 6.91. The first-order valence-corrected chi connectivity index (χ1v) is 11.3. The Hall–Kier alpha value is -0.863. The lowest BCUT2D eigenvalue weighted by Gasteiger charge is -2.03. The maximum absolute atomic E-state index is 3.85. The Kier molecular flexibility index (Phi) is 5.21. The molecule has 0 amide bonds. The summed E-state index contributed by atoms with van der Waals surface area (Å²) >= 11 is 3.85. The van der Waals surface area contributed by atoms with Gasteiger partial charge in [-0.1, -0.05) is 74.0 Å². The van der Waals surface area contributed by atoms with Crippen LogP contribution in [0.5, 0.6) is 0 Å². The zero-order valence-corrected chi connectivity index (χ0v) is 13.5. The van der Waals surface area contributed by atoms with E-state index in [1.165, 1.54) is 35.2 Å². The monoisotopic (exact) mass is 318 g/mol. The van der Waals surface area contributed by atoms with Crippen LogP contribution in [0.2, 0.25) is 6.04 Å². The van der Waals surface area contributed by atoms with E-state index < -0.39 is 7.42 Å². The second-order valence-corrected chi connectivity index (χ2v) is 10.1. The molecule has 0 aliphatic heterocycles. The van der Waals surface area contributed by atoms with Crippen LogP contribution >= 0.6 is 15.3 Å². The number of halogens is 1. The molecule has 2 heteroatoms. The van der Waals surface area contributed by atoms with Crippen LogP contribution in [0, 0.1) is 0 Å². The lowest BCUT2D eigenvalue weighted by Crippen LogP contribution is -1.96. The molecule has 0 aromatic heterocycles. The molecule has 0 spiro atoms. The molecule has 94 valence electrons. The quantitative estimate of drug-likeness (QED) is 0.517. The minimum Gasteiger partial charge on any atom is -0.125 e. The summed E-state index contributed by atoms with van der Waals surface area (Å²) in [6.07, 6.45) is 4.92. The molecule has 0 nitrogen and oxygen atoms in total. The number of unbranched alkanes of at least 4 members (excludes halogenated alkanes) is 1. The maximum atomic E-state index is 3.85. The van der Waals surface area contributed by atoms with Gasteiger partial charge < -0.3 is 0 Å². The molecule has 1 unspecified atom stereocenters. The Morgan fingerprint density at radius 3 is 2.72 bits per heavy atom. The van der Waals surface area contributed by atoms with Gasteiger partial charge in [-0.3, -0.25) is 0 Å². The lowest BCUT2D eigenvalue weighted by atomic mass is 10.1. The van der Waals surface area contributed by atoms with Crippen molar-refractivity contribution in [3.63, 3.8) is 0 Å². The van der Waals surface area contributed by atoms with Crippen molar-refractivity contribution in [3.05, 3.63) is 53.7 Å². The summed E-state index contributed by atoms with van der Waals surface area (Å²) in [5.74, 6) is 0. The zero-order chi connectivity index (χ0) is 12.8. The molecule has 0 radical (unpaired) electrons. The fourth-order valence-electron chi connectivity index (χ4n) is 2.10. The van der Waals surface area contributed by atoms with Gasteiger partial charge in [-0.05, 0) is 22.4 Å². The summed E-state index contributed by atoms with van der Waals surface area (Å²) in [6.45, 7) is 2.25. The Balaban J connectivity index is 2.18. The first-order chi connectivity index (χ1) is 8.81.